The minimum atomic E-state index is -0.311. The third kappa shape index (κ3) is 5.85. The summed E-state index contributed by atoms with van der Waals surface area (Å²) in [6.07, 6.45) is 0. The van der Waals surface area contributed by atoms with Crippen LogP contribution in [0.15, 0.2) is 84.9 Å². The van der Waals surface area contributed by atoms with Crippen molar-refractivity contribution in [3.63, 3.8) is 0 Å². The highest BCUT2D eigenvalue weighted by atomic mass is 16.2. The number of rotatable bonds is 7. The van der Waals surface area contributed by atoms with Crippen molar-refractivity contribution < 1.29 is 9.59 Å². The van der Waals surface area contributed by atoms with Gasteiger partial charge in [-0.1, -0.05) is 42.5 Å². The maximum atomic E-state index is 12.8. The summed E-state index contributed by atoms with van der Waals surface area (Å²) >= 11 is 0. The van der Waals surface area contributed by atoms with Crippen LogP contribution in [0.5, 0.6) is 0 Å². The minimum absolute atomic E-state index is 0.112. The lowest BCUT2D eigenvalue weighted by Gasteiger charge is -2.27. The van der Waals surface area contributed by atoms with Crippen molar-refractivity contribution in [3.8, 4) is 0 Å². The molecule has 0 aromatic heterocycles. The number of likely N-dealkylation sites (N-methyl/N-ethyl adjacent to an activating group) is 1. The van der Waals surface area contributed by atoms with E-state index in [1.165, 1.54) is 0 Å². The second-order valence-electron chi connectivity index (χ2n) is 7.41. The van der Waals surface area contributed by atoms with Gasteiger partial charge in [-0.3, -0.25) is 4.79 Å². The Morgan fingerprint density at radius 1 is 0.839 bits per heavy atom. The van der Waals surface area contributed by atoms with Gasteiger partial charge in [0, 0.05) is 49.3 Å². The van der Waals surface area contributed by atoms with E-state index in [-0.39, 0.29) is 18.0 Å². The molecule has 0 aliphatic heterocycles. The SMILES string of the molecule is CC(CNC(=O)Nc1cccc(C(=O)N(C)c2ccccc2)c1)N(C)c1ccccc1. The number of carbonyl (C=O) groups is 2. The summed E-state index contributed by atoms with van der Waals surface area (Å²) in [5.74, 6) is -0.145. The molecule has 0 fully saturated rings. The van der Waals surface area contributed by atoms with E-state index in [2.05, 4.69) is 15.5 Å². The van der Waals surface area contributed by atoms with E-state index in [1.54, 1.807) is 36.2 Å². The van der Waals surface area contributed by atoms with Crippen molar-refractivity contribution in [2.45, 2.75) is 13.0 Å². The largest absolute Gasteiger partial charge is 0.370 e. The Balaban J connectivity index is 1.56. The molecule has 0 radical (unpaired) electrons. The van der Waals surface area contributed by atoms with Crippen molar-refractivity contribution in [3.05, 3.63) is 90.5 Å². The summed E-state index contributed by atoms with van der Waals surface area (Å²) in [5, 5.41) is 5.70. The highest BCUT2D eigenvalue weighted by molar-refractivity contribution is 6.06. The summed E-state index contributed by atoms with van der Waals surface area (Å²) in [4.78, 5) is 28.9. The topological polar surface area (TPSA) is 64.7 Å². The maximum absolute atomic E-state index is 12.8. The first-order chi connectivity index (χ1) is 15.0. The van der Waals surface area contributed by atoms with E-state index >= 15 is 0 Å². The van der Waals surface area contributed by atoms with Gasteiger partial charge in [0.05, 0.1) is 0 Å². The number of hydrogen-bond donors (Lipinski definition) is 2. The van der Waals surface area contributed by atoms with Gasteiger partial charge in [-0.15, -0.1) is 0 Å². The summed E-state index contributed by atoms with van der Waals surface area (Å²) < 4.78 is 0. The normalized spacial score (nSPS) is 11.3. The summed E-state index contributed by atoms with van der Waals surface area (Å²) in [6.45, 7) is 2.53. The molecule has 1 atom stereocenters. The third-order valence-electron chi connectivity index (χ3n) is 5.20. The standard InChI is InChI=1S/C25H28N4O2/c1-19(28(2)22-13-6-4-7-14-22)18-26-25(31)27-21-12-10-11-20(17-21)24(30)29(3)23-15-8-5-9-16-23/h4-17,19H,18H2,1-3H3,(H2,26,27,31). The molecule has 0 aliphatic carbocycles. The molecule has 1 unspecified atom stereocenters. The fraction of sp³-hybridized carbons (Fsp3) is 0.200. The van der Waals surface area contributed by atoms with E-state index < -0.39 is 0 Å². The summed E-state index contributed by atoms with van der Waals surface area (Å²) in [6, 6.07) is 26.2. The fourth-order valence-corrected chi connectivity index (χ4v) is 3.16. The quantitative estimate of drug-likeness (QED) is 0.591. The average molecular weight is 417 g/mol. The predicted molar refractivity (Wildman–Crippen MR) is 127 cm³/mol. The average Bonchev–Trinajstić information content (AvgIpc) is 2.82. The zero-order valence-corrected chi connectivity index (χ0v) is 18.1. The molecule has 0 heterocycles. The Bertz CT molecular complexity index is 1010. The molecule has 6 nitrogen and oxygen atoms in total. The minimum Gasteiger partial charge on any atom is -0.370 e. The molecule has 3 amide bonds. The van der Waals surface area contributed by atoms with Crippen LogP contribution in [0.4, 0.5) is 21.9 Å². The number of nitrogens with zero attached hydrogens (tertiary/aromatic N) is 2. The van der Waals surface area contributed by atoms with Crippen LogP contribution in [0.2, 0.25) is 0 Å². The number of amides is 3. The first kappa shape index (κ1) is 21.9. The number of nitrogens with one attached hydrogen (secondary N) is 2. The Morgan fingerprint density at radius 2 is 1.45 bits per heavy atom. The molecular weight excluding hydrogens is 388 g/mol. The molecular formula is C25H28N4O2. The highest BCUT2D eigenvalue weighted by Crippen LogP contribution is 2.18. The molecule has 160 valence electrons. The molecule has 0 spiro atoms. The molecule has 3 aromatic carbocycles. The van der Waals surface area contributed by atoms with Gasteiger partial charge < -0.3 is 20.4 Å². The molecule has 0 saturated carbocycles. The van der Waals surface area contributed by atoms with E-state index in [0.29, 0.717) is 17.8 Å². The van der Waals surface area contributed by atoms with Gasteiger partial charge in [-0.05, 0) is 49.4 Å². The number of anilines is 3. The number of benzene rings is 3. The Kier molecular flexibility index (Phi) is 7.27. The van der Waals surface area contributed by atoms with Gasteiger partial charge in [0.15, 0.2) is 0 Å². The smallest absolute Gasteiger partial charge is 0.319 e. The monoisotopic (exact) mass is 416 g/mol. The number of carbonyl (C=O) groups excluding carboxylic acids is 2. The number of para-hydroxylation sites is 2. The van der Waals surface area contributed by atoms with Crippen molar-refractivity contribution >= 4 is 29.0 Å². The molecule has 6 heteroatoms. The van der Waals surface area contributed by atoms with Crippen LogP contribution in [0, 0.1) is 0 Å². The van der Waals surface area contributed by atoms with Crippen LogP contribution >= 0.6 is 0 Å². The zero-order chi connectivity index (χ0) is 22.2. The van der Waals surface area contributed by atoms with Crippen LogP contribution in [-0.4, -0.2) is 38.6 Å². The van der Waals surface area contributed by atoms with E-state index in [9.17, 15) is 9.59 Å². The second-order valence-corrected chi connectivity index (χ2v) is 7.41. The van der Waals surface area contributed by atoms with Crippen LogP contribution in [0.3, 0.4) is 0 Å². The molecule has 0 saturated heterocycles. The third-order valence-corrected chi connectivity index (χ3v) is 5.20. The van der Waals surface area contributed by atoms with Gasteiger partial charge >= 0.3 is 6.03 Å². The highest BCUT2D eigenvalue weighted by Gasteiger charge is 2.15. The van der Waals surface area contributed by atoms with E-state index in [1.807, 2.05) is 74.6 Å². The second kappa shape index (κ2) is 10.3. The van der Waals surface area contributed by atoms with Crippen LogP contribution < -0.4 is 20.4 Å². The lowest BCUT2D eigenvalue weighted by molar-refractivity contribution is 0.0993. The Morgan fingerprint density at radius 3 is 2.10 bits per heavy atom. The molecule has 0 bridgehead atoms. The van der Waals surface area contributed by atoms with E-state index in [0.717, 1.165) is 11.4 Å². The first-order valence-corrected chi connectivity index (χ1v) is 10.2. The Hall–Kier alpha value is -3.80. The molecule has 2 N–H and O–H groups in total. The molecule has 3 rings (SSSR count). The van der Waals surface area contributed by atoms with Crippen molar-refractivity contribution in [1.82, 2.24) is 5.32 Å². The number of urea groups is 1. The van der Waals surface area contributed by atoms with Crippen LogP contribution in [-0.2, 0) is 0 Å². The molecule has 31 heavy (non-hydrogen) atoms. The van der Waals surface area contributed by atoms with Crippen LogP contribution in [0.1, 0.15) is 17.3 Å². The van der Waals surface area contributed by atoms with Crippen molar-refractivity contribution in [2.75, 3.05) is 35.8 Å². The number of hydrogen-bond acceptors (Lipinski definition) is 3. The first-order valence-electron chi connectivity index (χ1n) is 10.2. The fourth-order valence-electron chi connectivity index (χ4n) is 3.16. The van der Waals surface area contributed by atoms with Crippen molar-refractivity contribution in [1.29, 1.82) is 0 Å². The van der Waals surface area contributed by atoms with Gasteiger partial charge in [-0.25, -0.2) is 4.79 Å². The van der Waals surface area contributed by atoms with Gasteiger partial charge in [0.25, 0.3) is 5.91 Å². The summed E-state index contributed by atoms with van der Waals surface area (Å²) in [5.41, 5.74) is 2.96. The maximum Gasteiger partial charge on any atom is 0.319 e. The molecule has 0 aliphatic rings. The zero-order valence-electron chi connectivity index (χ0n) is 18.1. The summed E-state index contributed by atoms with van der Waals surface area (Å²) in [7, 11) is 3.73. The molecule has 3 aromatic rings. The predicted octanol–water partition coefficient (Wildman–Crippen LogP) is 4.61. The van der Waals surface area contributed by atoms with Gasteiger partial charge in [-0.2, -0.15) is 0 Å². The van der Waals surface area contributed by atoms with Crippen LogP contribution in [0.25, 0.3) is 0 Å². The Labute approximate surface area is 183 Å². The van der Waals surface area contributed by atoms with Gasteiger partial charge in [0.2, 0.25) is 0 Å². The lowest BCUT2D eigenvalue weighted by atomic mass is 10.1. The van der Waals surface area contributed by atoms with E-state index in [4.69, 9.17) is 0 Å². The van der Waals surface area contributed by atoms with Gasteiger partial charge in [0.1, 0.15) is 0 Å². The lowest BCUT2D eigenvalue weighted by Crippen LogP contribution is -2.41. The van der Waals surface area contributed by atoms with Crippen molar-refractivity contribution in [2.24, 2.45) is 0 Å².